The molecular formula is C22H31N5O2. The number of anilines is 1. The quantitative estimate of drug-likeness (QED) is 0.804. The lowest BCUT2D eigenvalue weighted by Crippen LogP contribution is -2.67. The van der Waals surface area contributed by atoms with E-state index < -0.39 is 0 Å². The number of carbonyl (C=O) groups is 2. The standard InChI is InChI=1S/C22H31N5O2/c1-24-20-15-16(7-8-18(20)27-19(22(24)29)9-10-23-27)21(28)26-13-11-25(12-14-26)17-5-3-2-4-6-17/h2-6,16,18-20,23H,7-15H2,1H3. The van der Waals surface area contributed by atoms with Crippen LogP contribution in [0.4, 0.5) is 5.69 Å². The molecule has 0 bridgehead atoms. The van der Waals surface area contributed by atoms with Gasteiger partial charge in [-0.15, -0.1) is 0 Å². The molecule has 3 aliphatic heterocycles. The zero-order valence-corrected chi connectivity index (χ0v) is 17.2. The van der Waals surface area contributed by atoms with E-state index in [1.165, 1.54) is 5.69 Å². The van der Waals surface area contributed by atoms with Crippen LogP contribution in [0.2, 0.25) is 0 Å². The normalized spacial score (nSPS) is 32.9. The molecule has 29 heavy (non-hydrogen) atoms. The Balaban J connectivity index is 1.21. The smallest absolute Gasteiger partial charge is 0.241 e. The molecule has 1 aromatic carbocycles. The maximum absolute atomic E-state index is 13.3. The molecule has 1 aromatic rings. The van der Waals surface area contributed by atoms with E-state index in [-0.39, 0.29) is 29.8 Å². The van der Waals surface area contributed by atoms with E-state index in [0.717, 1.165) is 58.4 Å². The van der Waals surface area contributed by atoms with E-state index in [1.54, 1.807) is 0 Å². The van der Waals surface area contributed by atoms with Crippen molar-refractivity contribution in [3.8, 4) is 0 Å². The fourth-order valence-electron chi connectivity index (χ4n) is 5.75. The molecule has 5 rings (SSSR count). The van der Waals surface area contributed by atoms with Gasteiger partial charge in [0.15, 0.2) is 0 Å². The largest absolute Gasteiger partial charge is 0.368 e. The first-order valence-electron chi connectivity index (χ1n) is 11.0. The van der Waals surface area contributed by atoms with E-state index in [4.69, 9.17) is 0 Å². The van der Waals surface area contributed by atoms with Gasteiger partial charge in [0.2, 0.25) is 11.8 Å². The molecule has 1 N–H and O–H groups in total. The number of nitrogens with zero attached hydrogens (tertiary/aromatic N) is 4. The van der Waals surface area contributed by atoms with Gasteiger partial charge in [-0.1, -0.05) is 18.2 Å². The number of hydrogen-bond donors (Lipinski definition) is 1. The lowest BCUT2D eigenvalue weighted by atomic mass is 9.78. The summed E-state index contributed by atoms with van der Waals surface area (Å²) in [5.41, 5.74) is 4.65. The lowest BCUT2D eigenvalue weighted by Gasteiger charge is -2.51. The highest BCUT2D eigenvalue weighted by molar-refractivity contribution is 5.84. The molecule has 0 spiro atoms. The molecule has 2 amide bonds. The molecule has 4 unspecified atom stereocenters. The van der Waals surface area contributed by atoms with Gasteiger partial charge in [0.05, 0.1) is 0 Å². The second kappa shape index (κ2) is 7.61. The second-order valence-corrected chi connectivity index (χ2v) is 8.86. The molecule has 4 atom stereocenters. The van der Waals surface area contributed by atoms with E-state index in [2.05, 4.69) is 39.6 Å². The third kappa shape index (κ3) is 3.30. The third-order valence-corrected chi connectivity index (χ3v) is 7.38. The molecule has 0 aromatic heterocycles. The molecule has 4 fully saturated rings. The summed E-state index contributed by atoms with van der Waals surface area (Å²) >= 11 is 0. The van der Waals surface area contributed by atoms with Gasteiger partial charge < -0.3 is 14.7 Å². The summed E-state index contributed by atoms with van der Waals surface area (Å²) in [4.78, 5) is 32.4. The molecule has 1 saturated carbocycles. The molecular weight excluding hydrogens is 366 g/mol. The van der Waals surface area contributed by atoms with Crippen molar-refractivity contribution in [3.05, 3.63) is 30.3 Å². The lowest BCUT2D eigenvalue weighted by molar-refractivity contribution is -0.155. The number of fused-ring (bicyclic) bond motifs is 3. The predicted molar refractivity (Wildman–Crippen MR) is 111 cm³/mol. The Bertz CT molecular complexity index is 764. The summed E-state index contributed by atoms with van der Waals surface area (Å²) in [5.74, 6) is 0.531. The number of benzene rings is 1. The number of para-hydroxylation sites is 1. The zero-order chi connectivity index (χ0) is 20.0. The molecule has 7 heteroatoms. The summed E-state index contributed by atoms with van der Waals surface area (Å²) in [6.45, 7) is 4.20. The van der Waals surface area contributed by atoms with E-state index in [9.17, 15) is 9.59 Å². The first kappa shape index (κ1) is 18.9. The van der Waals surface area contributed by atoms with Crippen molar-refractivity contribution >= 4 is 17.5 Å². The highest BCUT2D eigenvalue weighted by Gasteiger charge is 2.50. The first-order chi connectivity index (χ1) is 14.1. The van der Waals surface area contributed by atoms with Gasteiger partial charge >= 0.3 is 0 Å². The average molecular weight is 398 g/mol. The molecule has 3 saturated heterocycles. The van der Waals surface area contributed by atoms with Crippen molar-refractivity contribution in [2.45, 2.75) is 43.8 Å². The summed E-state index contributed by atoms with van der Waals surface area (Å²) < 4.78 is 0. The number of piperazine rings is 2. The van der Waals surface area contributed by atoms with Gasteiger partial charge in [-0.25, -0.2) is 5.01 Å². The van der Waals surface area contributed by atoms with Gasteiger partial charge in [0.25, 0.3) is 0 Å². The van der Waals surface area contributed by atoms with Crippen LogP contribution in [0.1, 0.15) is 25.7 Å². The molecule has 4 aliphatic rings. The van der Waals surface area contributed by atoms with Crippen molar-refractivity contribution in [2.75, 3.05) is 44.7 Å². The Morgan fingerprint density at radius 3 is 2.52 bits per heavy atom. The van der Waals surface area contributed by atoms with Gasteiger partial charge in [-0.2, -0.15) is 0 Å². The van der Waals surface area contributed by atoms with Crippen LogP contribution in [0.5, 0.6) is 0 Å². The summed E-state index contributed by atoms with van der Waals surface area (Å²) in [7, 11) is 1.93. The Morgan fingerprint density at radius 1 is 1.00 bits per heavy atom. The average Bonchev–Trinajstić information content (AvgIpc) is 3.28. The zero-order valence-electron chi connectivity index (χ0n) is 17.2. The Hall–Kier alpha value is -2.12. The minimum absolute atomic E-state index is 0.0143. The first-order valence-corrected chi connectivity index (χ1v) is 11.0. The van der Waals surface area contributed by atoms with Crippen LogP contribution in [0.3, 0.4) is 0 Å². The predicted octanol–water partition coefficient (Wildman–Crippen LogP) is 0.923. The number of rotatable bonds is 2. The molecule has 0 radical (unpaired) electrons. The van der Waals surface area contributed by atoms with Gasteiger partial charge in [0.1, 0.15) is 6.04 Å². The van der Waals surface area contributed by atoms with Crippen molar-refractivity contribution in [1.29, 1.82) is 0 Å². The molecule has 1 aliphatic carbocycles. The summed E-state index contributed by atoms with van der Waals surface area (Å²) in [6.07, 6.45) is 3.58. The highest BCUT2D eigenvalue weighted by Crippen LogP contribution is 2.37. The van der Waals surface area contributed by atoms with Crippen LogP contribution in [-0.2, 0) is 9.59 Å². The van der Waals surface area contributed by atoms with E-state index in [0.29, 0.717) is 6.04 Å². The third-order valence-electron chi connectivity index (χ3n) is 7.38. The van der Waals surface area contributed by atoms with Gasteiger partial charge in [-0.05, 0) is 37.8 Å². The Morgan fingerprint density at radius 2 is 1.76 bits per heavy atom. The Labute approximate surface area is 172 Å². The second-order valence-electron chi connectivity index (χ2n) is 8.86. The maximum atomic E-state index is 13.3. The highest BCUT2D eigenvalue weighted by atomic mass is 16.2. The fourth-order valence-corrected chi connectivity index (χ4v) is 5.75. The SMILES string of the molecule is CN1C(=O)C2CCNN2C2CCC(C(=O)N3CCN(c4ccccc4)CC3)CC21. The molecule has 3 heterocycles. The van der Waals surface area contributed by atoms with Crippen LogP contribution in [0.25, 0.3) is 0 Å². The summed E-state index contributed by atoms with van der Waals surface area (Å²) in [5, 5.41) is 2.20. The maximum Gasteiger partial charge on any atom is 0.241 e. The number of hydrazine groups is 1. The van der Waals surface area contributed by atoms with Crippen molar-refractivity contribution in [2.24, 2.45) is 5.92 Å². The van der Waals surface area contributed by atoms with Crippen molar-refractivity contribution in [3.63, 3.8) is 0 Å². The van der Waals surface area contributed by atoms with Gasteiger partial charge in [0, 0.05) is 63.5 Å². The number of nitrogens with one attached hydrogen (secondary N) is 1. The van der Waals surface area contributed by atoms with Crippen LogP contribution in [-0.4, -0.2) is 84.5 Å². The number of carbonyl (C=O) groups excluding carboxylic acids is 2. The fraction of sp³-hybridized carbons (Fsp3) is 0.636. The number of amides is 2. The minimum Gasteiger partial charge on any atom is -0.368 e. The van der Waals surface area contributed by atoms with Crippen LogP contribution < -0.4 is 10.3 Å². The van der Waals surface area contributed by atoms with Crippen LogP contribution >= 0.6 is 0 Å². The van der Waals surface area contributed by atoms with Crippen LogP contribution in [0.15, 0.2) is 30.3 Å². The number of hydrogen-bond acceptors (Lipinski definition) is 5. The van der Waals surface area contributed by atoms with Crippen molar-refractivity contribution in [1.82, 2.24) is 20.2 Å². The molecule has 156 valence electrons. The topological polar surface area (TPSA) is 59.1 Å². The van der Waals surface area contributed by atoms with E-state index >= 15 is 0 Å². The monoisotopic (exact) mass is 397 g/mol. The minimum atomic E-state index is -0.0143. The van der Waals surface area contributed by atoms with E-state index in [1.807, 2.05) is 22.9 Å². The molecule has 7 nitrogen and oxygen atoms in total. The summed E-state index contributed by atoms with van der Waals surface area (Å²) in [6, 6.07) is 10.9. The van der Waals surface area contributed by atoms with Gasteiger partial charge in [-0.3, -0.25) is 15.0 Å². The van der Waals surface area contributed by atoms with Crippen LogP contribution in [0, 0.1) is 5.92 Å². The van der Waals surface area contributed by atoms with Crippen molar-refractivity contribution < 1.29 is 9.59 Å². The Kier molecular flexibility index (Phi) is 4.95. The number of likely N-dealkylation sites (N-methyl/N-ethyl adjacent to an activating group) is 1.